The molecule has 0 bridgehead atoms. The molecule has 3 aromatic rings. The predicted molar refractivity (Wildman–Crippen MR) is 92.2 cm³/mol. The molecule has 0 saturated carbocycles. The van der Waals surface area contributed by atoms with Crippen LogP contribution in [0.2, 0.25) is 5.15 Å². The summed E-state index contributed by atoms with van der Waals surface area (Å²) in [5.74, 6) is 0.834. The highest BCUT2D eigenvalue weighted by Gasteiger charge is 2.07. The molecule has 1 aromatic heterocycles. The van der Waals surface area contributed by atoms with E-state index in [4.69, 9.17) is 11.6 Å². The van der Waals surface area contributed by atoms with Gasteiger partial charge in [-0.05, 0) is 37.6 Å². The molecule has 0 aliphatic carbocycles. The fourth-order valence-electron chi connectivity index (χ4n) is 2.35. The van der Waals surface area contributed by atoms with E-state index in [9.17, 15) is 0 Å². The average molecular weight is 314 g/mol. The molecule has 0 aliphatic rings. The summed E-state index contributed by atoms with van der Waals surface area (Å²) in [6, 6.07) is 16.7. The largest absolute Gasteiger partial charge is 0.236 e. The Morgan fingerprint density at radius 3 is 2.67 bits per heavy atom. The minimum atomic E-state index is 0.603. The zero-order chi connectivity index (χ0) is 14.8. The Labute approximate surface area is 134 Å². The molecule has 3 rings (SSSR count). The van der Waals surface area contributed by atoms with Crippen molar-refractivity contribution < 1.29 is 0 Å². The first kappa shape index (κ1) is 14.4. The third-order valence-electron chi connectivity index (χ3n) is 3.46. The van der Waals surface area contributed by atoms with Gasteiger partial charge in [0.05, 0.1) is 5.52 Å². The lowest BCUT2D eigenvalue weighted by atomic mass is 10.2. The number of aryl methyl sites for hydroxylation is 2. The number of hydrogen-bond donors (Lipinski definition) is 0. The van der Waals surface area contributed by atoms with Crippen molar-refractivity contribution in [3.05, 3.63) is 70.4 Å². The summed E-state index contributed by atoms with van der Waals surface area (Å²) in [4.78, 5) is 5.77. The molecule has 0 saturated heterocycles. The molecule has 0 spiro atoms. The monoisotopic (exact) mass is 313 g/mol. The van der Waals surface area contributed by atoms with Gasteiger partial charge in [-0.3, -0.25) is 0 Å². The Balaban J connectivity index is 1.86. The zero-order valence-electron chi connectivity index (χ0n) is 12.1. The number of fused-ring (bicyclic) bond motifs is 1. The molecule has 0 fully saturated rings. The molecule has 2 aromatic carbocycles. The van der Waals surface area contributed by atoms with Gasteiger partial charge in [0.1, 0.15) is 5.15 Å². The summed E-state index contributed by atoms with van der Waals surface area (Å²) in [5.41, 5.74) is 4.63. The fourth-order valence-corrected chi connectivity index (χ4v) is 3.63. The van der Waals surface area contributed by atoms with Crippen LogP contribution in [-0.4, -0.2) is 4.98 Å². The van der Waals surface area contributed by atoms with Crippen molar-refractivity contribution >= 4 is 34.3 Å². The van der Waals surface area contributed by atoms with Crippen molar-refractivity contribution in [3.63, 3.8) is 0 Å². The fraction of sp³-hybridized carbons (Fsp3) is 0.167. The molecule has 1 nitrogen and oxygen atoms in total. The van der Waals surface area contributed by atoms with Crippen LogP contribution >= 0.6 is 23.4 Å². The Morgan fingerprint density at radius 2 is 1.86 bits per heavy atom. The average Bonchev–Trinajstić information content (AvgIpc) is 2.46. The lowest BCUT2D eigenvalue weighted by Gasteiger charge is -2.08. The lowest BCUT2D eigenvalue weighted by molar-refractivity contribution is 1.25. The molecule has 0 amide bonds. The number of para-hydroxylation sites is 1. The minimum Gasteiger partial charge on any atom is -0.236 e. The van der Waals surface area contributed by atoms with E-state index in [1.54, 1.807) is 0 Å². The molecule has 0 atom stereocenters. The van der Waals surface area contributed by atoms with Crippen LogP contribution in [0, 0.1) is 13.8 Å². The first-order valence-corrected chi connectivity index (χ1v) is 8.24. The highest BCUT2D eigenvalue weighted by Crippen LogP contribution is 2.30. The SMILES string of the molecule is Cc1ccc(SCc2cc3ccccc3nc2Cl)c(C)c1. The molecule has 21 heavy (non-hydrogen) atoms. The summed E-state index contributed by atoms with van der Waals surface area (Å²) < 4.78 is 0. The van der Waals surface area contributed by atoms with Crippen molar-refractivity contribution in [1.29, 1.82) is 0 Å². The lowest BCUT2D eigenvalue weighted by Crippen LogP contribution is -1.89. The summed E-state index contributed by atoms with van der Waals surface area (Å²) in [7, 11) is 0. The van der Waals surface area contributed by atoms with Crippen molar-refractivity contribution in [2.24, 2.45) is 0 Å². The van der Waals surface area contributed by atoms with E-state index < -0.39 is 0 Å². The van der Waals surface area contributed by atoms with E-state index in [0.29, 0.717) is 5.15 Å². The number of aromatic nitrogens is 1. The summed E-state index contributed by atoms with van der Waals surface area (Å²) in [6.45, 7) is 4.27. The number of halogens is 1. The molecule has 0 aliphatic heterocycles. The topological polar surface area (TPSA) is 12.9 Å². The van der Waals surface area contributed by atoms with Crippen LogP contribution in [0.5, 0.6) is 0 Å². The highest BCUT2D eigenvalue weighted by atomic mass is 35.5. The first-order chi connectivity index (χ1) is 10.1. The highest BCUT2D eigenvalue weighted by molar-refractivity contribution is 7.98. The van der Waals surface area contributed by atoms with E-state index >= 15 is 0 Å². The van der Waals surface area contributed by atoms with E-state index in [0.717, 1.165) is 22.2 Å². The Morgan fingerprint density at radius 1 is 1.05 bits per heavy atom. The molecule has 0 unspecified atom stereocenters. The molecule has 1 heterocycles. The normalized spacial score (nSPS) is 11.0. The van der Waals surface area contributed by atoms with Crippen LogP contribution in [0.3, 0.4) is 0 Å². The summed E-state index contributed by atoms with van der Waals surface area (Å²) >= 11 is 8.12. The molecule has 0 radical (unpaired) electrons. The van der Waals surface area contributed by atoms with Crippen LogP contribution < -0.4 is 0 Å². The molecule has 106 valence electrons. The van der Waals surface area contributed by atoms with Crippen molar-refractivity contribution in [1.82, 2.24) is 4.98 Å². The first-order valence-electron chi connectivity index (χ1n) is 6.88. The Hall–Kier alpha value is -1.51. The quantitative estimate of drug-likeness (QED) is 0.448. The van der Waals surface area contributed by atoms with E-state index in [-0.39, 0.29) is 0 Å². The smallest absolute Gasteiger partial charge is 0.133 e. The summed E-state index contributed by atoms with van der Waals surface area (Å²) in [6.07, 6.45) is 0. The molecular formula is C18H16ClNS. The van der Waals surface area contributed by atoms with Crippen molar-refractivity contribution in [2.75, 3.05) is 0 Å². The van der Waals surface area contributed by atoms with Gasteiger partial charge in [-0.1, -0.05) is 47.5 Å². The van der Waals surface area contributed by atoms with Gasteiger partial charge in [-0.15, -0.1) is 11.8 Å². The number of rotatable bonds is 3. The Bertz CT molecular complexity index is 798. The van der Waals surface area contributed by atoms with Crippen molar-refractivity contribution in [3.8, 4) is 0 Å². The number of thioether (sulfide) groups is 1. The van der Waals surface area contributed by atoms with Gasteiger partial charge in [-0.2, -0.15) is 0 Å². The van der Waals surface area contributed by atoms with Gasteiger partial charge in [0.25, 0.3) is 0 Å². The minimum absolute atomic E-state index is 0.603. The molecule has 3 heteroatoms. The maximum Gasteiger partial charge on any atom is 0.133 e. The number of pyridine rings is 1. The third-order valence-corrected chi connectivity index (χ3v) is 5.02. The number of benzene rings is 2. The van der Waals surface area contributed by atoms with Gasteiger partial charge < -0.3 is 0 Å². The predicted octanol–water partition coefficient (Wildman–Crippen LogP) is 5.80. The third kappa shape index (κ3) is 3.22. The summed E-state index contributed by atoms with van der Waals surface area (Å²) in [5, 5.41) is 1.74. The standard InChI is InChI=1S/C18H16ClNS/c1-12-7-8-17(13(2)9-12)21-11-15-10-14-5-3-4-6-16(14)20-18(15)19/h3-10H,11H2,1-2H3. The van der Waals surface area contributed by atoms with E-state index in [1.165, 1.54) is 16.0 Å². The maximum absolute atomic E-state index is 6.31. The number of hydrogen-bond acceptors (Lipinski definition) is 2. The van der Waals surface area contributed by atoms with Gasteiger partial charge >= 0.3 is 0 Å². The number of nitrogens with zero attached hydrogens (tertiary/aromatic N) is 1. The van der Waals surface area contributed by atoms with Crippen LogP contribution in [0.15, 0.2) is 53.4 Å². The molecule has 0 N–H and O–H groups in total. The van der Waals surface area contributed by atoms with E-state index in [1.807, 2.05) is 30.0 Å². The zero-order valence-corrected chi connectivity index (χ0v) is 13.6. The van der Waals surface area contributed by atoms with Crippen molar-refractivity contribution in [2.45, 2.75) is 24.5 Å². The second-order valence-electron chi connectivity index (χ2n) is 5.19. The van der Waals surface area contributed by atoms with Crippen LogP contribution in [0.25, 0.3) is 10.9 Å². The van der Waals surface area contributed by atoms with Crippen LogP contribution in [0.1, 0.15) is 16.7 Å². The van der Waals surface area contributed by atoms with Gasteiger partial charge in [0.15, 0.2) is 0 Å². The van der Waals surface area contributed by atoms with Gasteiger partial charge in [0.2, 0.25) is 0 Å². The second-order valence-corrected chi connectivity index (χ2v) is 6.56. The second kappa shape index (κ2) is 6.08. The van der Waals surface area contributed by atoms with Gasteiger partial charge in [-0.25, -0.2) is 4.98 Å². The van der Waals surface area contributed by atoms with Crippen LogP contribution in [-0.2, 0) is 5.75 Å². The van der Waals surface area contributed by atoms with Crippen LogP contribution in [0.4, 0.5) is 0 Å². The maximum atomic E-state index is 6.31. The Kier molecular flexibility index (Phi) is 4.18. The molecular weight excluding hydrogens is 298 g/mol. The van der Waals surface area contributed by atoms with E-state index in [2.05, 4.69) is 49.2 Å². The van der Waals surface area contributed by atoms with Gasteiger partial charge in [0, 0.05) is 21.6 Å².